The van der Waals surface area contributed by atoms with Gasteiger partial charge in [-0.25, -0.2) is 0 Å². The highest BCUT2D eigenvalue weighted by Gasteiger charge is 2.32. The molecule has 0 N–H and O–H groups in total. The molecule has 5 nitrogen and oxygen atoms in total. The smallest absolute Gasteiger partial charge is 0.255 e. The van der Waals surface area contributed by atoms with Crippen LogP contribution in [0.1, 0.15) is 57.3 Å². The van der Waals surface area contributed by atoms with Gasteiger partial charge < -0.3 is 9.47 Å². The number of aryl methyl sites for hydroxylation is 3. The lowest BCUT2D eigenvalue weighted by atomic mass is 9.98. The highest BCUT2D eigenvalue weighted by atomic mass is 16.2. The SMILES string of the molecule is Cc1cc(Cc2ccccc2C)cc(C2CCCN2C(=O)c2ccc(=O)n(C)c2)n1. The van der Waals surface area contributed by atoms with E-state index in [9.17, 15) is 9.59 Å². The van der Waals surface area contributed by atoms with E-state index < -0.39 is 0 Å². The van der Waals surface area contributed by atoms with E-state index >= 15 is 0 Å². The van der Waals surface area contributed by atoms with Crippen molar-refractivity contribution in [3.8, 4) is 0 Å². The van der Waals surface area contributed by atoms with Gasteiger partial charge in [0.05, 0.1) is 17.3 Å². The Bertz CT molecular complexity index is 1150. The van der Waals surface area contributed by atoms with Gasteiger partial charge in [-0.05, 0) is 68.0 Å². The first-order chi connectivity index (χ1) is 14.4. The number of benzene rings is 1. The van der Waals surface area contributed by atoms with E-state index in [0.29, 0.717) is 12.1 Å². The second-order valence-electron chi connectivity index (χ2n) is 8.17. The normalized spacial score (nSPS) is 16.1. The van der Waals surface area contributed by atoms with Crippen LogP contribution in [0.15, 0.2) is 59.5 Å². The third kappa shape index (κ3) is 4.06. The Kier molecular flexibility index (Phi) is 5.53. The molecule has 1 saturated heterocycles. The molecule has 0 bridgehead atoms. The number of hydrogen-bond acceptors (Lipinski definition) is 3. The predicted molar refractivity (Wildman–Crippen MR) is 118 cm³/mol. The Balaban J connectivity index is 1.63. The quantitative estimate of drug-likeness (QED) is 0.665. The van der Waals surface area contributed by atoms with Gasteiger partial charge in [-0.2, -0.15) is 0 Å². The summed E-state index contributed by atoms with van der Waals surface area (Å²) in [5, 5.41) is 0. The second kappa shape index (κ2) is 8.27. The van der Waals surface area contributed by atoms with Crippen molar-refractivity contribution in [2.75, 3.05) is 6.54 Å². The molecule has 1 atom stereocenters. The summed E-state index contributed by atoms with van der Waals surface area (Å²) in [6, 6.07) is 15.7. The summed E-state index contributed by atoms with van der Waals surface area (Å²) in [6.45, 7) is 4.85. The number of aromatic nitrogens is 2. The number of pyridine rings is 2. The van der Waals surface area contributed by atoms with Gasteiger partial charge in [-0.3, -0.25) is 14.6 Å². The molecule has 0 spiro atoms. The molecule has 1 aliphatic heterocycles. The van der Waals surface area contributed by atoms with E-state index in [1.807, 2.05) is 11.8 Å². The van der Waals surface area contributed by atoms with Crippen molar-refractivity contribution < 1.29 is 4.79 Å². The molecule has 0 saturated carbocycles. The van der Waals surface area contributed by atoms with Crippen LogP contribution in [0, 0.1) is 13.8 Å². The number of carbonyl (C=O) groups is 1. The first-order valence-electron chi connectivity index (χ1n) is 10.4. The minimum absolute atomic E-state index is 0.0368. The van der Waals surface area contributed by atoms with Crippen LogP contribution in [-0.4, -0.2) is 26.9 Å². The van der Waals surface area contributed by atoms with Gasteiger partial charge in [0.25, 0.3) is 5.91 Å². The lowest BCUT2D eigenvalue weighted by molar-refractivity contribution is 0.0732. The van der Waals surface area contributed by atoms with Crippen molar-refractivity contribution in [1.82, 2.24) is 14.5 Å². The van der Waals surface area contributed by atoms with Crippen LogP contribution in [0.5, 0.6) is 0 Å². The zero-order valence-corrected chi connectivity index (χ0v) is 17.8. The zero-order valence-electron chi connectivity index (χ0n) is 17.8. The van der Waals surface area contributed by atoms with Crippen LogP contribution < -0.4 is 5.56 Å². The summed E-state index contributed by atoms with van der Waals surface area (Å²) in [5.74, 6) is -0.0446. The third-order valence-corrected chi connectivity index (χ3v) is 5.88. The van der Waals surface area contributed by atoms with Gasteiger partial charge in [0.1, 0.15) is 0 Å². The van der Waals surface area contributed by atoms with Gasteiger partial charge in [-0.1, -0.05) is 24.3 Å². The minimum atomic E-state index is -0.120. The lowest BCUT2D eigenvalue weighted by Crippen LogP contribution is -2.32. The average Bonchev–Trinajstić information content (AvgIpc) is 3.21. The molecule has 30 heavy (non-hydrogen) atoms. The van der Waals surface area contributed by atoms with Crippen LogP contribution in [-0.2, 0) is 13.5 Å². The van der Waals surface area contributed by atoms with E-state index in [2.05, 4.69) is 43.3 Å². The maximum Gasteiger partial charge on any atom is 0.255 e. The Labute approximate surface area is 177 Å². The summed E-state index contributed by atoms with van der Waals surface area (Å²) in [5.41, 5.74) is 6.14. The van der Waals surface area contributed by atoms with E-state index in [1.54, 1.807) is 19.3 Å². The Morgan fingerprint density at radius 3 is 2.70 bits per heavy atom. The average molecular weight is 402 g/mol. The molecule has 4 rings (SSSR count). The largest absolute Gasteiger partial charge is 0.330 e. The standard InChI is InChI=1S/C25H27N3O2/c1-17-7-4-5-8-20(17)14-19-13-18(2)26-22(15-19)23-9-6-12-28(23)25(30)21-10-11-24(29)27(3)16-21/h4-5,7-8,10-11,13,15-16,23H,6,9,12,14H2,1-3H3. The van der Waals surface area contributed by atoms with Crippen molar-refractivity contribution in [3.05, 3.63) is 98.7 Å². The Hall–Kier alpha value is -3.21. The number of hydrogen-bond donors (Lipinski definition) is 0. The highest BCUT2D eigenvalue weighted by Crippen LogP contribution is 2.33. The summed E-state index contributed by atoms with van der Waals surface area (Å²) >= 11 is 0. The first-order valence-corrected chi connectivity index (χ1v) is 10.4. The molecule has 3 heterocycles. The Morgan fingerprint density at radius 1 is 1.13 bits per heavy atom. The number of amides is 1. The monoisotopic (exact) mass is 401 g/mol. The van der Waals surface area contributed by atoms with Crippen LogP contribution in [0.4, 0.5) is 0 Å². The number of likely N-dealkylation sites (tertiary alicyclic amines) is 1. The zero-order chi connectivity index (χ0) is 21.3. The first kappa shape index (κ1) is 20.1. The van der Waals surface area contributed by atoms with E-state index in [1.165, 1.54) is 27.3 Å². The summed E-state index contributed by atoms with van der Waals surface area (Å²) in [6.07, 6.45) is 4.32. The second-order valence-corrected chi connectivity index (χ2v) is 8.17. The predicted octanol–water partition coefficient (Wildman–Crippen LogP) is 3.97. The molecule has 1 fully saturated rings. The van der Waals surface area contributed by atoms with E-state index in [0.717, 1.165) is 30.7 Å². The van der Waals surface area contributed by atoms with Gasteiger partial charge in [-0.15, -0.1) is 0 Å². The van der Waals surface area contributed by atoms with Crippen molar-refractivity contribution in [2.24, 2.45) is 7.05 Å². The molecule has 1 aromatic carbocycles. The van der Waals surface area contributed by atoms with Crippen LogP contribution in [0.25, 0.3) is 0 Å². The molecule has 2 aromatic heterocycles. The molecule has 154 valence electrons. The lowest BCUT2D eigenvalue weighted by Gasteiger charge is -2.25. The number of carbonyl (C=O) groups excluding carboxylic acids is 1. The van der Waals surface area contributed by atoms with Gasteiger partial charge in [0, 0.05) is 31.5 Å². The van der Waals surface area contributed by atoms with E-state index in [4.69, 9.17) is 4.98 Å². The fraction of sp³-hybridized carbons (Fsp3) is 0.320. The molecule has 0 radical (unpaired) electrons. The van der Waals surface area contributed by atoms with Crippen LogP contribution in [0.2, 0.25) is 0 Å². The molecule has 1 aliphatic rings. The number of nitrogens with zero attached hydrogens (tertiary/aromatic N) is 3. The molecule has 1 unspecified atom stereocenters. The van der Waals surface area contributed by atoms with Crippen LogP contribution in [0.3, 0.4) is 0 Å². The van der Waals surface area contributed by atoms with Crippen molar-refractivity contribution >= 4 is 5.91 Å². The van der Waals surface area contributed by atoms with Crippen molar-refractivity contribution in [3.63, 3.8) is 0 Å². The summed E-state index contributed by atoms with van der Waals surface area (Å²) in [4.78, 5) is 31.6. The summed E-state index contributed by atoms with van der Waals surface area (Å²) in [7, 11) is 1.67. The maximum atomic E-state index is 13.2. The molecular weight excluding hydrogens is 374 g/mol. The number of rotatable bonds is 4. The van der Waals surface area contributed by atoms with E-state index in [-0.39, 0.29) is 17.5 Å². The van der Waals surface area contributed by atoms with Gasteiger partial charge >= 0.3 is 0 Å². The molecule has 3 aromatic rings. The fourth-order valence-corrected chi connectivity index (χ4v) is 4.27. The third-order valence-electron chi connectivity index (χ3n) is 5.88. The fourth-order valence-electron chi connectivity index (χ4n) is 4.27. The van der Waals surface area contributed by atoms with Crippen LogP contribution >= 0.6 is 0 Å². The topological polar surface area (TPSA) is 55.2 Å². The van der Waals surface area contributed by atoms with Gasteiger partial charge in [0.2, 0.25) is 5.56 Å². The maximum absolute atomic E-state index is 13.2. The summed E-state index contributed by atoms with van der Waals surface area (Å²) < 4.78 is 1.45. The highest BCUT2D eigenvalue weighted by molar-refractivity contribution is 5.94. The molecular formula is C25H27N3O2. The molecule has 0 aliphatic carbocycles. The Morgan fingerprint density at radius 2 is 1.93 bits per heavy atom. The van der Waals surface area contributed by atoms with Crippen molar-refractivity contribution in [1.29, 1.82) is 0 Å². The molecule has 5 heteroatoms. The van der Waals surface area contributed by atoms with Crippen molar-refractivity contribution in [2.45, 2.75) is 39.2 Å². The molecule has 1 amide bonds. The van der Waals surface area contributed by atoms with Gasteiger partial charge in [0.15, 0.2) is 0 Å². The minimum Gasteiger partial charge on any atom is -0.330 e.